The molecule has 0 aliphatic carbocycles. The van der Waals surface area contributed by atoms with E-state index in [2.05, 4.69) is 0 Å². The maximum atomic E-state index is 12.1. The Kier molecular flexibility index (Phi) is 3.44. The van der Waals surface area contributed by atoms with Crippen LogP contribution in [0.15, 0.2) is 24.3 Å². The highest BCUT2D eigenvalue weighted by atomic mass is 16.2. The number of nitrogens with two attached hydrogens (primary N) is 1. The fourth-order valence-electron chi connectivity index (χ4n) is 2.08. The molecule has 1 aliphatic heterocycles. The van der Waals surface area contributed by atoms with Gasteiger partial charge in [0.15, 0.2) is 0 Å². The van der Waals surface area contributed by atoms with Crippen molar-refractivity contribution in [2.24, 2.45) is 0 Å². The van der Waals surface area contributed by atoms with Gasteiger partial charge in [-0.15, -0.1) is 0 Å². The number of nitrogen functional groups attached to an aromatic ring is 1. The molecule has 0 unspecified atom stereocenters. The van der Waals surface area contributed by atoms with Crippen LogP contribution in [0.5, 0.6) is 0 Å². The second kappa shape index (κ2) is 5.01. The summed E-state index contributed by atoms with van der Waals surface area (Å²) in [5.74, 6) is 0.141. The third kappa shape index (κ3) is 2.54. The summed E-state index contributed by atoms with van der Waals surface area (Å²) >= 11 is 0. The van der Waals surface area contributed by atoms with Gasteiger partial charge in [0, 0.05) is 24.3 Å². The minimum absolute atomic E-state index is 0.141. The van der Waals surface area contributed by atoms with Crippen LogP contribution in [0.25, 0.3) is 0 Å². The second-order valence-corrected chi connectivity index (χ2v) is 4.33. The Morgan fingerprint density at radius 1 is 1.00 bits per heavy atom. The second-order valence-electron chi connectivity index (χ2n) is 4.33. The third-order valence-corrected chi connectivity index (χ3v) is 3.05. The van der Waals surface area contributed by atoms with Gasteiger partial charge in [-0.1, -0.05) is 12.8 Å². The smallest absolute Gasteiger partial charge is 0.253 e. The van der Waals surface area contributed by atoms with Crippen LogP contribution < -0.4 is 5.73 Å². The van der Waals surface area contributed by atoms with Gasteiger partial charge in [-0.25, -0.2) is 0 Å². The molecular weight excluding hydrogens is 200 g/mol. The molecule has 1 heterocycles. The lowest BCUT2D eigenvalue weighted by Crippen LogP contribution is -2.31. The van der Waals surface area contributed by atoms with E-state index in [4.69, 9.17) is 5.73 Å². The number of hydrogen-bond donors (Lipinski definition) is 1. The molecule has 86 valence electrons. The van der Waals surface area contributed by atoms with Crippen LogP contribution in [-0.4, -0.2) is 23.9 Å². The van der Waals surface area contributed by atoms with Gasteiger partial charge in [0.1, 0.15) is 0 Å². The Bertz CT molecular complexity index is 351. The first-order valence-corrected chi connectivity index (χ1v) is 5.92. The highest BCUT2D eigenvalue weighted by molar-refractivity contribution is 5.94. The number of rotatable bonds is 1. The highest BCUT2D eigenvalue weighted by Gasteiger charge is 2.16. The minimum Gasteiger partial charge on any atom is -0.399 e. The molecule has 0 spiro atoms. The van der Waals surface area contributed by atoms with Crippen LogP contribution in [0.2, 0.25) is 0 Å². The number of anilines is 1. The van der Waals surface area contributed by atoms with E-state index in [1.165, 1.54) is 12.8 Å². The van der Waals surface area contributed by atoms with E-state index >= 15 is 0 Å². The molecule has 0 atom stereocenters. The van der Waals surface area contributed by atoms with Crippen molar-refractivity contribution in [2.45, 2.75) is 25.7 Å². The van der Waals surface area contributed by atoms with Crippen molar-refractivity contribution < 1.29 is 4.79 Å². The minimum atomic E-state index is 0.141. The summed E-state index contributed by atoms with van der Waals surface area (Å²) in [6, 6.07) is 7.18. The zero-order valence-electron chi connectivity index (χ0n) is 9.48. The lowest BCUT2D eigenvalue weighted by Gasteiger charge is -2.20. The molecule has 3 heteroatoms. The van der Waals surface area contributed by atoms with E-state index in [1.807, 2.05) is 17.0 Å². The molecule has 0 radical (unpaired) electrons. The maximum Gasteiger partial charge on any atom is 0.253 e. The van der Waals surface area contributed by atoms with Gasteiger partial charge < -0.3 is 10.6 Å². The van der Waals surface area contributed by atoms with Crippen LogP contribution in [0.4, 0.5) is 5.69 Å². The summed E-state index contributed by atoms with van der Waals surface area (Å²) in [5, 5.41) is 0. The molecule has 1 aromatic rings. The first-order chi connectivity index (χ1) is 7.77. The molecule has 1 fully saturated rings. The number of likely N-dealkylation sites (tertiary alicyclic amines) is 1. The van der Waals surface area contributed by atoms with Crippen molar-refractivity contribution in [1.82, 2.24) is 4.90 Å². The Labute approximate surface area is 96.2 Å². The Morgan fingerprint density at radius 3 is 2.12 bits per heavy atom. The number of hydrogen-bond acceptors (Lipinski definition) is 2. The fraction of sp³-hybridized carbons (Fsp3) is 0.462. The molecule has 2 N–H and O–H groups in total. The molecule has 1 aromatic carbocycles. The van der Waals surface area contributed by atoms with Gasteiger partial charge in [-0.2, -0.15) is 0 Å². The van der Waals surface area contributed by atoms with Crippen molar-refractivity contribution in [1.29, 1.82) is 0 Å². The van der Waals surface area contributed by atoms with Crippen molar-refractivity contribution in [3.63, 3.8) is 0 Å². The van der Waals surface area contributed by atoms with Gasteiger partial charge >= 0.3 is 0 Å². The van der Waals surface area contributed by atoms with Crippen molar-refractivity contribution in [3.8, 4) is 0 Å². The number of carbonyl (C=O) groups excluding carboxylic acids is 1. The van der Waals surface area contributed by atoms with Gasteiger partial charge in [0.2, 0.25) is 0 Å². The van der Waals surface area contributed by atoms with E-state index in [1.54, 1.807) is 12.1 Å². The van der Waals surface area contributed by atoms with E-state index in [-0.39, 0.29) is 5.91 Å². The molecule has 16 heavy (non-hydrogen) atoms. The average Bonchev–Trinajstić information content (AvgIpc) is 2.57. The summed E-state index contributed by atoms with van der Waals surface area (Å²) in [6.45, 7) is 1.78. The number of nitrogens with zero attached hydrogens (tertiary/aromatic N) is 1. The molecular formula is C13H18N2O. The van der Waals surface area contributed by atoms with Crippen LogP contribution in [0, 0.1) is 0 Å². The number of carbonyl (C=O) groups is 1. The predicted molar refractivity (Wildman–Crippen MR) is 65.2 cm³/mol. The van der Waals surface area contributed by atoms with E-state index < -0.39 is 0 Å². The number of benzene rings is 1. The highest BCUT2D eigenvalue weighted by Crippen LogP contribution is 2.14. The first kappa shape index (κ1) is 11.0. The molecule has 0 aromatic heterocycles. The SMILES string of the molecule is Nc1ccc(C(=O)N2CCCCCC2)cc1. The summed E-state index contributed by atoms with van der Waals surface area (Å²) in [6.07, 6.45) is 4.73. The third-order valence-electron chi connectivity index (χ3n) is 3.05. The van der Waals surface area contributed by atoms with Gasteiger partial charge in [0.25, 0.3) is 5.91 Å². The topological polar surface area (TPSA) is 46.3 Å². The Hall–Kier alpha value is -1.51. The number of amides is 1. The zero-order chi connectivity index (χ0) is 11.4. The van der Waals surface area contributed by atoms with Crippen molar-refractivity contribution >= 4 is 11.6 Å². The van der Waals surface area contributed by atoms with Crippen LogP contribution >= 0.6 is 0 Å². The Morgan fingerprint density at radius 2 is 1.56 bits per heavy atom. The van der Waals surface area contributed by atoms with Crippen LogP contribution in [-0.2, 0) is 0 Å². The quantitative estimate of drug-likeness (QED) is 0.735. The van der Waals surface area contributed by atoms with Gasteiger partial charge in [0.05, 0.1) is 0 Å². The average molecular weight is 218 g/mol. The molecule has 1 aliphatic rings. The summed E-state index contributed by atoms with van der Waals surface area (Å²) < 4.78 is 0. The van der Waals surface area contributed by atoms with Gasteiger partial charge in [-0.3, -0.25) is 4.79 Å². The standard InChI is InChI=1S/C13H18N2O/c14-12-7-5-11(6-8-12)13(16)15-9-3-1-2-4-10-15/h5-8H,1-4,9-10,14H2. The fourth-order valence-corrected chi connectivity index (χ4v) is 2.08. The van der Waals surface area contributed by atoms with E-state index in [0.29, 0.717) is 5.69 Å². The molecule has 0 saturated carbocycles. The molecule has 2 rings (SSSR count). The lowest BCUT2D eigenvalue weighted by molar-refractivity contribution is 0.0761. The molecule has 0 bridgehead atoms. The molecule has 1 saturated heterocycles. The predicted octanol–water partition coefficient (Wildman–Crippen LogP) is 2.29. The van der Waals surface area contributed by atoms with Crippen molar-refractivity contribution in [3.05, 3.63) is 29.8 Å². The van der Waals surface area contributed by atoms with Crippen LogP contribution in [0.1, 0.15) is 36.0 Å². The zero-order valence-corrected chi connectivity index (χ0v) is 9.48. The molecule has 1 amide bonds. The monoisotopic (exact) mass is 218 g/mol. The maximum absolute atomic E-state index is 12.1. The van der Waals surface area contributed by atoms with Crippen molar-refractivity contribution in [2.75, 3.05) is 18.8 Å². The summed E-state index contributed by atoms with van der Waals surface area (Å²) in [7, 11) is 0. The molecule has 3 nitrogen and oxygen atoms in total. The first-order valence-electron chi connectivity index (χ1n) is 5.92. The lowest BCUT2D eigenvalue weighted by atomic mass is 10.2. The Balaban J connectivity index is 2.08. The summed E-state index contributed by atoms with van der Waals surface area (Å²) in [5.41, 5.74) is 7.05. The summed E-state index contributed by atoms with van der Waals surface area (Å²) in [4.78, 5) is 14.1. The van der Waals surface area contributed by atoms with E-state index in [0.717, 1.165) is 31.5 Å². The van der Waals surface area contributed by atoms with Crippen LogP contribution in [0.3, 0.4) is 0 Å². The van der Waals surface area contributed by atoms with Gasteiger partial charge in [-0.05, 0) is 37.1 Å². The normalized spacial score (nSPS) is 16.9. The largest absolute Gasteiger partial charge is 0.399 e. The van der Waals surface area contributed by atoms with E-state index in [9.17, 15) is 4.79 Å².